The predicted octanol–water partition coefficient (Wildman–Crippen LogP) is 3.41. The zero-order valence-corrected chi connectivity index (χ0v) is 13.4. The molecule has 0 bridgehead atoms. The molecule has 2 aromatic rings. The smallest absolute Gasteiger partial charge is 0.319 e. The number of halogens is 2. The Morgan fingerprint density at radius 3 is 2.67 bits per heavy atom. The molecule has 1 aliphatic rings. The first-order valence-corrected chi connectivity index (χ1v) is 7.82. The van der Waals surface area contributed by atoms with Crippen LogP contribution in [-0.2, 0) is 4.79 Å². The molecule has 2 aromatic carbocycles. The second-order valence-electron chi connectivity index (χ2n) is 5.37. The summed E-state index contributed by atoms with van der Waals surface area (Å²) in [6.07, 6.45) is 0.485. The van der Waals surface area contributed by atoms with E-state index < -0.39 is 17.9 Å². The molecule has 5 nitrogen and oxygen atoms in total. The topological polar surface area (TPSA) is 61.4 Å². The Morgan fingerprint density at radius 1 is 1.17 bits per heavy atom. The molecule has 7 heteroatoms. The normalized spacial score (nSPS) is 17.0. The van der Waals surface area contributed by atoms with Crippen LogP contribution >= 0.6 is 11.6 Å². The lowest BCUT2D eigenvalue weighted by molar-refractivity contribution is -0.118. The van der Waals surface area contributed by atoms with E-state index in [9.17, 15) is 14.0 Å². The standard InChI is InChI=1S/C17H15ClFN3O2/c18-12-7-4-8-13(15(12)19)20-17(24)21-14-9-10-22(16(14)23)11-5-2-1-3-6-11/h1-8,14H,9-10H2,(H2,20,21,24). The number of hydrogen-bond acceptors (Lipinski definition) is 2. The number of urea groups is 1. The van der Waals surface area contributed by atoms with Crippen molar-refractivity contribution in [2.45, 2.75) is 12.5 Å². The maximum Gasteiger partial charge on any atom is 0.319 e. The summed E-state index contributed by atoms with van der Waals surface area (Å²) in [5.74, 6) is -0.902. The largest absolute Gasteiger partial charge is 0.326 e. The highest BCUT2D eigenvalue weighted by atomic mass is 35.5. The van der Waals surface area contributed by atoms with Gasteiger partial charge in [0.2, 0.25) is 5.91 Å². The molecule has 0 aliphatic carbocycles. The highest BCUT2D eigenvalue weighted by molar-refractivity contribution is 6.31. The lowest BCUT2D eigenvalue weighted by Gasteiger charge is -2.17. The van der Waals surface area contributed by atoms with Gasteiger partial charge in [-0.25, -0.2) is 9.18 Å². The van der Waals surface area contributed by atoms with Crippen molar-refractivity contribution >= 4 is 34.9 Å². The van der Waals surface area contributed by atoms with Gasteiger partial charge in [-0.1, -0.05) is 35.9 Å². The maximum atomic E-state index is 13.8. The molecule has 124 valence electrons. The van der Waals surface area contributed by atoms with Gasteiger partial charge in [0.15, 0.2) is 5.82 Å². The van der Waals surface area contributed by atoms with Crippen molar-refractivity contribution < 1.29 is 14.0 Å². The first-order valence-electron chi connectivity index (χ1n) is 7.44. The fourth-order valence-electron chi connectivity index (χ4n) is 2.60. The van der Waals surface area contributed by atoms with Crippen molar-refractivity contribution in [2.24, 2.45) is 0 Å². The Hall–Kier alpha value is -2.60. The van der Waals surface area contributed by atoms with Gasteiger partial charge < -0.3 is 15.5 Å². The zero-order valence-electron chi connectivity index (χ0n) is 12.6. The number of amides is 3. The Morgan fingerprint density at radius 2 is 1.92 bits per heavy atom. The van der Waals surface area contributed by atoms with Crippen molar-refractivity contribution in [3.05, 3.63) is 59.4 Å². The molecule has 3 rings (SSSR count). The van der Waals surface area contributed by atoms with Crippen LogP contribution in [0.4, 0.5) is 20.6 Å². The fraction of sp³-hybridized carbons (Fsp3) is 0.176. The van der Waals surface area contributed by atoms with Gasteiger partial charge in [0.1, 0.15) is 6.04 Å². The fourth-order valence-corrected chi connectivity index (χ4v) is 2.77. The molecular weight excluding hydrogens is 333 g/mol. The van der Waals surface area contributed by atoms with Crippen LogP contribution in [0.3, 0.4) is 0 Å². The highest BCUT2D eigenvalue weighted by Gasteiger charge is 2.33. The summed E-state index contributed by atoms with van der Waals surface area (Å²) in [5.41, 5.74) is 0.749. The molecule has 1 atom stereocenters. The third-order valence-corrected chi connectivity index (χ3v) is 4.07. The van der Waals surface area contributed by atoms with Crippen molar-refractivity contribution in [2.75, 3.05) is 16.8 Å². The van der Waals surface area contributed by atoms with Gasteiger partial charge in [0.25, 0.3) is 0 Å². The molecule has 1 unspecified atom stereocenters. The number of rotatable bonds is 3. The molecule has 0 aromatic heterocycles. The molecule has 0 radical (unpaired) electrons. The number of carbonyl (C=O) groups excluding carboxylic acids is 2. The number of benzene rings is 2. The second-order valence-corrected chi connectivity index (χ2v) is 5.77. The van der Waals surface area contributed by atoms with Crippen LogP contribution < -0.4 is 15.5 Å². The van der Waals surface area contributed by atoms with Gasteiger partial charge in [-0.15, -0.1) is 0 Å². The average molecular weight is 348 g/mol. The van der Waals surface area contributed by atoms with Gasteiger partial charge in [-0.05, 0) is 30.7 Å². The lowest BCUT2D eigenvalue weighted by Crippen LogP contribution is -2.43. The third kappa shape index (κ3) is 3.33. The molecule has 1 heterocycles. The third-order valence-electron chi connectivity index (χ3n) is 3.78. The van der Waals surface area contributed by atoms with Gasteiger partial charge in [-0.2, -0.15) is 0 Å². The van der Waals surface area contributed by atoms with Crippen LogP contribution in [0.1, 0.15) is 6.42 Å². The van der Waals surface area contributed by atoms with E-state index in [1.807, 2.05) is 30.3 Å². The van der Waals surface area contributed by atoms with Gasteiger partial charge in [-0.3, -0.25) is 4.79 Å². The van der Waals surface area contributed by atoms with E-state index in [2.05, 4.69) is 10.6 Å². The maximum absolute atomic E-state index is 13.8. The lowest BCUT2D eigenvalue weighted by atomic mass is 10.2. The summed E-state index contributed by atoms with van der Waals surface area (Å²) >= 11 is 5.67. The molecular formula is C17H15ClFN3O2. The van der Waals surface area contributed by atoms with E-state index in [0.29, 0.717) is 13.0 Å². The summed E-state index contributed by atoms with van der Waals surface area (Å²) in [7, 11) is 0. The minimum absolute atomic E-state index is 0.0367. The first kappa shape index (κ1) is 16.3. The number of nitrogens with zero attached hydrogens (tertiary/aromatic N) is 1. The van der Waals surface area contributed by atoms with E-state index in [0.717, 1.165) is 5.69 Å². The van der Waals surface area contributed by atoms with Crippen LogP contribution in [0.2, 0.25) is 5.02 Å². The Balaban J connectivity index is 1.63. The van der Waals surface area contributed by atoms with Crippen molar-refractivity contribution in [3.63, 3.8) is 0 Å². The van der Waals surface area contributed by atoms with Crippen LogP contribution in [0.25, 0.3) is 0 Å². The van der Waals surface area contributed by atoms with Crippen molar-refractivity contribution in [1.82, 2.24) is 5.32 Å². The minimum Gasteiger partial charge on any atom is -0.326 e. The van der Waals surface area contributed by atoms with Crippen LogP contribution in [0, 0.1) is 5.82 Å². The summed E-state index contributed by atoms with van der Waals surface area (Å²) in [6, 6.07) is 12.2. The van der Waals surface area contributed by atoms with E-state index in [1.165, 1.54) is 18.2 Å². The van der Waals surface area contributed by atoms with Crippen molar-refractivity contribution in [1.29, 1.82) is 0 Å². The molecule has 2 N–H and O–H groups in total. The van der Waals surface area contributed by atoms with E-state index in [4.69, 9.17) is 11.6 Å². The first-order chi connectivity index (χ1) is 11.6. The van der Waals surface area contributed by atoms with Gasteiger partial charge >= 0.3 is 6.03 Å². The molecule has 1 saturated heterocycles. The summed E-state index contributed by atoms with van der Waals surface area (Å²) in [6.45, 7) is 0.513. The molecule has 3 amide bonds. The van der Waals surface area contributed by atoms with E-state index in [1.54, 1.807) is 4.90 Å². The van der Waals surface area contributed by atoms with Gasteiger partial charge in [0, 0.05) is 12.2 Å². The molecule has 24 heavy (non-hydrogen) atoms. The number of carbonyl (C=O) groups is 2. The molecule has 1 aliphatic heterocycles. The average Bonchev–Trinajstić information content (AvgIpc) is 2.93. The Labute approximate surface area is 143 Å². The van der Waals surface area contributed by atoms with Crippen LogP contribution in [0.15, 0.2) is 48.5 Å². The number of para-hydroxylation sites is 1. The van der Waals surface area contributed by atoms with Crippen molar-refractivity contribution in [3.8, 4) is 0 Å². The number of anilines is 2. The quantitative estimate of drug-likeness (QED) is 0.893. The summed E-state index contributed by atoms with van der Waals surface area (Å²) < 4.78 is 13.8. The van der Waals surface area contributed by atoms with E-state index >= 15 is 0 Å². The summed E-state index contributed by atoms with van der Waals surface area (Å²) in [5, 5.41) is 4.86. The van der Waals surface area contributed by atoms with Crippen LogP contribution in [0.5, 0.6) is 0 Å². The minimum atomic E-state index is -0.710. The molecule has 0 saturated carbocycles. The van der Waals surface area contributed by atoms with Crippen LogP contribution in [-0.4, -0.2) is 24.5 Å². The molecule has 0 spiro atoms. The Kier molecular flexibility index (Phi) is 4.66. The highest BCUT2D eigenvalue weighted by Crippen LogP contribution is 2.23. The second kappa shape index (κ2) is 6.88. The predicted molar refractivity (Wildman–Crippen MR) is 90.8 cm³/mol. The van der Waals surface area contributed by atoms with Gasteiger partial charge in [0.05, 0.1) is 10.7 Å². The number of nitrogens with one attached hydrogen (secondary N) is 2. The zero-order chi connectivity index (χ0) is 17.1. The number of hydrogen-bond donors (Lipinski definition) is 2. The monoisotopic (exact) mass is 347 g/mol. The summed E-state index contributed by atoms with van der Waals surface area (Å²) in [4.78, 5) is 26.0. The SMILES string of the molecule is O=C(Nc1cccc(Cl)c1F)NC1CCN(c2ccccc2)C1=O. The Bertz CT molecular complexity index is 770. The van der Waals surface area contributed by atoms with E-state index in [-0.39, 0.29) is 16.6 Å². The molecule has 1 fully saturated rings.